The number of hydrogen-bond donors (Lipinski definition) is 1. The highest BCUT2D eigenvalue weighted by Crippen LogP contribution is 2.13. The van der Waals surface area contributed by atoms with Crippen LogP contribution in [0.3, 0.4) is 0 Å². The van der Waals surface area contributed by atoms with Gasteiger partial charge in [0.1, 0.15) is 0 Å². The number of nitrogens with one attached hydrogen (secondary N) is 1. The van der Waals surface area contributed by atoms with Crippen molar-refractivity contribution in [2.75, 3.05) is 49.5 Å². The molecule has 0 saturated carbocycles. The fourth-order valence-electron chi connectivity index (χ4n) is 2.29. The maximum Gasteiger partial charge on any atom is 0.244 e. The van der Waals surface area contributed by atoms with Gasteiger partial charge in [-0.15, -0.1) is 5.10 Å². The van der Waals surface area contributed by atoms with E-state index in [0.29, 0.717) is 11.9 Å². The minimum atomic E-state index is 0.640. The third kappa shape index (κ3) is 4.30. The van der Waals surface area contributed by atoms with Gasteiger partial charge in [-0.2, -0.15) is 10.1 Å². The Labute approximate surface area is 121 Å². The van der Waals surface area contributed by atoms with Gasteiger partial charge in [0.15, 0.2) is 5.82 Å². The summed E-state index contributed by atoms with van der Waals surface area (Å²) in [5.41, 5.74) is 0. The quantitative estimate of drug-likeness (QED) is 0.850. The molecule has 1 aromatic rings. The highest BCUT2D eigenvalue weighted by Gasteiger charge is 2.17. The van der Waals surface area contributed by atoms with Gasteiger partial charge in [-0.05, 0) is 18.9 Å². The predicted molar refractivity (Wildman–Crippen MR) is 82.1 cm³/mol. The second kappa shape index (κ2) is 7.38. The lowest BCUT2D eigenvalue weighted by molar-refractivity contribution is 0.270. The molecule has 0 aliphatic carbocycles. The first-order valence-electron chi connectivity index (χ1n) is 7.60. The lowest BCUT2D eigenvalue weighted by Crippen LogP contribution is -2.46. The number of likely N-dealkylation sites (N-methyl/N-ethyl adjacent to an activating group) is 1. The van der Waals surface area contributed by atoms with E-state index in [1.807, 2.05) is 0 Å². The van der Waals surface area contributed by atoms with Crippen molar-refractivity contribution in [2.45, 2.75) is 27.2 Å². The van der Waals surface area contributed by atoms with Crippen LogP contribution in [0.1, 0.15) is 27.2 Å². The SMILES string of the molecule is CCN1CCN(c2cnnc(NCCC(C)C)n2)CC1. The Morgan fingerprint density at radius 2 is 2.00 bits per heavy atom. The fraction of sp³-hybridized carbons (Fsp3) is 0.786. The van der Waals surface area contributed by atoms with E-state index in [9.17, 15) is 0 Å². The minimum absolute atomic E-state index is 0.640. The highest BCUT2D eigenvalue weighted by atomic mass is 15.3. The van der Waals surface area contributed by atoms with Crippen molar-refractivity contribution < 1.29 is 0 Å². The zero-order valence-corrected chi connectivity index (χ0v) is 12.8. The molecule has 20 heavy (non-hydrogen) atoms. The molecule has 0 spiro atoms. The first kappa shape index (κ1) is 15.0. The second-order valence-corrected chi connectivity index (χ2v) is 5.67. The van der Waals surface area contributed by atoms with Gasteiger partial charge < -0.3 is 15.1 Å². The van der Waals surface area contributed by atoms with Crippen LogP contribution in [0.5, 0.6) is 0 Å². The topological polar surface area (TPSA) is 57.2 Å². The molecular formula is C14H26N6. The van der Waals surface area contributed by atoms with E-state index >= 15 is 0 Å². The average Bonchev–Trinajstić information content (AvgIpc) is 2.47. The Hall–Kier alpha value is -1.43. The van der Waals surface area contributed by atoms with Crippen molar-refractivity contribution in [1.82, 2.24) is 20.1 Å². The molecule has 1 aliphatic heterocycles. The van der Waals surface area contributed by atoms with Crippen molar-refractivity contribution >= 4 is 11.8 Å². The monoisotopic (exact) mass is 278 g/mol. The van der Waals surface area contributed by atoms with Crippen LogP contribution < -0.4 is 10.2 Å². The first-order valence-corrected chi connectivity index (χ1v) is 7.60. The van der Waals surface area contributed by atoms with Gasteiger partial charge in [-0.1, -0.05) is 20.8 Å². The molecule has 1 aliphatic rings. The van der Waals surface area contributed by atoms with Gasteiger partial charge in [0.25, 0.3) is 0 Å². The molecule has 6 nitrogen and oxygen atoms in total. The highest BCUT2D eigenvalue weighted by molar-refractivity contribution is 5.40. The van der Waals surface area contributed by atoms with Crippen LogP contribution in [0.2, 0.25) is 0 Å². The molecule has 0 atom stereocenters. The maximum atomic E-state index is 4.57. The molecule has 0 unspecified atom stereocenters. The Balaban J connectivity index is 1.89. The molecule has 0 bridgehead atoms. The van der Waals surface area contributed by atoms with Crippen molar-refractivity contribution in [2.24, 2.45) is 5.92 Å². The van der Waals surface area contributed by atoms with E-state index in [1.54, 1.807) is 6.20 Å². The summed E-state index contributed by atoms with van der Waals surface area (Å²) in [6.07, 6.45) is 2.87. The number of aromatic nitrogens is 3. The van der Waals surface area contributed by atoms with Crippen molar-refractivity contribution in [3.63, 3.8) is 0 Å². The number of hydrogen-bond acceptors (Lipinski definition) is 6. The van der Waals surface area contributed by atoms with Crippen LogP contribution in [0.15, 0.2) is 6.20 Å². The van der Waals surface area contributed by atoms with Gasteiger partial charge in [0.2, 0.25) is 5.95 Å². The molecule has 6 heteroatoms. The van der Waals surface area contributed by atoms with Crippen molar-refractivity contribution in [3.05, 3.63) is 6.20 Å². The lowest BCUT2D eigenvalue weighted by Gasteiger charge is -2.34. The third-order valence-corrected chi connectivity index (χ3v) is 3.69. The number of rotatable bonds is 6. The number of nitrogens with zero attached hydrogens (tertiary/aromatic N) is 5. The van der Waals surface area contributed by atoms with Crippen LogP contribution in [-0.2, 0) is 0 Å². The molecule has 1 aromatic heterocycles. The second-order valence-electron chi connectivity index (χ2n) is 5.67. The van der Waals surface area contributed by atoms with E-state index in [1.165, 1.54) is 0 Å². The maximum absolute atomic E-state index is 4.57. The van der Waals surface area contributed by atoms with Gasteiger partial charge in [-0.3, -0.25) is 0 Å². The molecule has 0 amide bonds. The van der Waals surface area contributed by atoms with Crippen molar-refractivity contribution in [3.8, 4) is 0 Å². The molecule has 1 saturated heterocycles. The summed E-state index contributed by atoms with van der Waals surface area (Å²) in [4.78, 5) is 9.30. The van der Waals surface area contributed by atoms with Crippen LogP contribution in [-0.4, -0.2) is 59.3 Å². The van der Waals surface area contributed by atoms with E-state index in [2.05, 4.69) is 51.1 Å². The summed E-state index contributed by atoms with van der Waals surface area (Å²) in [6, 6.07) is 0. The van der Waals surface area contributed by atoms with Crippen LogP contribution >= 0.6 is 0 Å². The molecule has 1 fully saturated rings. The Morgan fingerprint density at radius 3 is 2.65 bits per heavy atom. The zero-order chi connectivity index (χ0) is 14.4. The molecule has 2 rings (SSSR count). The van der Waals surface area contributed by atoms with E-state index < -0.39 is 0 Å². The molecular weight excluding hydrogens is 252 g/mol. The fourth-order valence-corrected chi connectivity index (χ4v) is 2.29. The minimum Gasteiger partial charge on any atom is -0.353 e. The molecule has 112 valence electrons. The van der Waals surface area contributed by atoms with Gasteiger partial charge in [-0.25, -0.2) is 0 Å². The summed E-state index contributed by atoms with van der Waals surface area (Å²) < 4.78 is 0. The van der Waals surface area contributed by atoms with Crippen LogP contribution in [0, 0.1) is 5.92 Å². The molecule has 0 radical (unpaired) electrons. The predicted octanol–water partition coefficient (Wildman–Crippen LogP) is 1.47. The van der Waals surface area contributed by atoms with E-state index in [0.717, 1.165) is 51.5 Å². The summed E-state index contributed by atoms with van der Waals surface area (Å²) in [7, 11) is 0. The lowest BCUT2D eigenvalue weighted by atomic mass is 10.1. The summed E-state index contributed by atoms with van der Waals surface area (Å²) in [5.74, 6) is 2.25. The van der Waals surface area contributed by atoms with E-state index in [4.69, 9.17) is 0 Å². The largest absolute Gasteiger partial charge is 0.353 e. The van der Waals surface area contributed by atoms with Gasteiger partial charge >= 0.3 is 0 Å². The van der Waals surface area contributed by atoms with E-state index in [-0.39, 0.29) is 0 Å². The van der Waals surface area contributed by atoms with Crippen LogP contribution in [0.25, 0.3) is 0 Å². The van der Waals surface area contributed by atoms with Gasteiger partial charge in [0.05, 0.1) is 6.20 Å². The Kier molecular flexibility index (Phi) is 5.52. The summed E-state index contributed by atoms with van der Waals surface area (Å²) >= 11 is 0. The van der Waals surface area contributed by atoms with Crippen molar-refractivity contribution in [1.29, 1.82) is 0 Å². The normalized spacial score (nSPS) is 16.7. The summed E-state index contributed by atoms with van der Waals surface area (Å²) in [5, 5.41) is 11.4. The number of anilines is 2. The standard InChI is InChI=1S/C14H26N6/c1-4-19-7-9-20(10-8-19)13-11-16-18-14(17-13)15-6-5-12(2)3/h11-12H,4-10H2,1-3H3,(H,15,17,18). The molecule has 2 heterocycles. The van der Waals surface area contributed by atoms with Crippen LogP contribution in [0.4, 0.5) is 11.8 Å². The first-order chi connectivity index (χ1) is 9.69. The van der Waals surface area contributed by atoms with Gasteiger partial charge in [0, 0.05) is 32.7 Å². The Bertz CT molecular complexity index is 400. The molecule has 1 N–H and O–H groups in total. The smallest absolute Gasteiger partial charge is 0.244 e. The number of piperazine rings is 1. The Morgan fingerprint density at radius 1 is 1.25 bits per heavy atom. The zero-order valence-electron chi connectivity index (χ0n) is 12.8. The average molecular weight is 278 g/mol. The molecule has 0 aromatic carbocycles. The summed E-state index contributed by atoms with van der Waals surface area (Å²) in [6.45, 7) is 12.9. The third-order valence-electron chi connectivity index (χ3n) is 3.69.